The summed E-state index contributed by atoms with van der Waals surface area (Å²) in [6.07, 6.45) is -4.29. The van der Waals surface area contributed by atoms with Crippen LogP contribution in [0.2, 0.25) is 0 Å². The van der Waals surface area contributed by atoms with Crippen LogP contribution in [0.5, 0.6) is 0 Å². The van der Waals surface area contributed by atoms with Crippen LogP contribution in [0, 0.1) is 6.92 Å². The van der Waals surface area contributed by atoms with Crippen molar-refractivity contribution in [1.82, 2.24) is 9.55 Å². The first-order valence-electron chi connectivity index (χ1n) is 7.52. The topological polar surface area (TPSA) is 261 Å². The predicted molar refractivity (Wildman–Crippen MR) is 90.6 cm³/mol. The molecule has 0 amide bonds. The number of hydrogen-bond acceptors (Lipinski definition) is 11. The van der Waals surface area contributed by atoms with Gasteiger partial charge in [-0.05, 0) is 6.92 Å². The summed E-state index contributed by atoms with van der Waals surface area (Å²) < 4.78 is 50.2. The van der Waals surface area contributed by atoms with Crippen molar-refractivity contribution in [2.75, 3.05) is 0 Å². The van der Waals surface area contributed by atoms with E-state index in [-0.39, 0.29) is 5.56 Å². The molecule has 17 nitrogen and oxygen atoms in total. The number of H-pyrrole nitrogens is 1. The molecule has 20 heteroatoms. The van der Waals surface area contributed by atoms with Crippen molar-refractivity contribution in [3.63, 3.8) is 0 Å². The van der Waals surface area contributed by atoms with Crippen LogP contribution in [0.4, 0.5) is 0 Å². The summed E-state index contributed by atoms with van der Waals surface area (Å²) >= 11 is 0. The molecule has 0 radical (unpaired) electrons. The first kappa shape index (κ1) is 24.8. The van der Waals surface area contributed by atoms with E-state index in [9.17, 15) is 38.1 Å². The standard InChI is InChI=1S/C10H15N2O15P3/c1-4-3-12(10(16)11-8(4)14)6-2-5(13)7(24-6)9(15)25-29(20,21)27-30(22,23)26-28(17,18)19/h3,5-7,13H,2H2,1H3,(H,20,21)(H,22,23)(H,11,14,16)(H2,17,18,19)/t5-,6+,7-/m0/s1. The zero-order valence-electron chi connectivity index (χ0n) is 14.6. The number of phosphoric acid groups is 3. The molecule has 1 aromatic rings. The number of aliphatic hydroxyl groups excluding tert-OH is 1. The minimum atomic E-state index is -5.85. The van der Waals surface area contributed by atoms with E-state index in [1.165, 1.54) is 6.92 Å². The normalized spacial score (nSPS) is 26.0. The summed E-state index contributed by atoms with van der Waals surface area (Å²) in [5.41, 5.74) is -1.53. The Bertz CT molecular complexity index is 1090. The lowest BCUT2D eigenvalue weighted by atomic mass is 10.2. The Kier molecular flexibility index (Phi) is 7.08. The van der Waals surface area contributed by atoms with Gasteiger partial charge >= 0.3 is 35.1 Å². The number of carbonyl (C=O) groups excluding carboxylic acids is 1. The van der Waals surface area contributed by atoms with Gasteiger partial charge in [-0.3, -0.25) is 19.2 Å². The Morgan fingerprint density at radius 3 is 2.33 bits per heavy atom. The van der Waals surface area contributed by atoms with Crippen LogP contribution in [0.1, 0.15) is 18.2 Å². The molecule has 0 aliphatic carbocycles. The molecule has 2 heterocycles. The Balaban J connectivity index is 2.12. The molecule has 0 spiro atoms. The molecule has 6 N–H and O–H groups in total. The van der Waals surface area contributed by atoms with E-state index in [2.05, 4.69) is 13.1 Å². The molecule has 170 valence electrons. The molecular formula is C10H15N2O15P3. The van der Waals surface area contributed by atoms with E-state index in [1.54, 1.807) is 0 Å². The number of hydrogen-bond donors (Lipinski definition) is 6. The summed E-state index contributed by atoms with van der Waals surface area (Å²) in [4.78, 5) is 72.4. The molecule has 1 aromatic heterocycles. The first-order chi connectivity index (χ1) is 13.5. The van der Waals surface area contributed by atoms with Gasteiger partial charge in [-0.2, -0.15) is 8.62 Å². The smallest absolute Gasteiger partial charge is 0.390 e. The highest BCUT2D eigenvalue weighted by atomic mass is 31.3. The first-order valence-corrected chi connectivity index (χ1v) is 12.0. The summed E-state index contributed by atoms with van der Waals surface area (Å²) in [5, 5.41) is 9.93. The number of nitrogens with one attached hydrogen (secondary N) is 1. The lowest BCUT2D eigenvalue weighted by molar-refractivity contribution is -0.153. The van der Waals surface area contributed by atoms with E-state index in [1.807, 2.05) is 4.98 Å². The van der Waals surface area contributed by atoms with Gasteiger partial charge in [-0.1, -0.05) is 0 Å². The van der Waals surface area contributed by atoms with E-state index >= 15 is 0 Å². The average Bonchev–Trinajstić information content (AvgIpc) is 2.88. The van der Waals surface area contributed by atoms with Crippen molar-refractivity contribution < 1.29 is 61.1 Å². The molecule has 2 rings (SSSR count). The number of carbonyl (C=O) groups is 1. The number of nitrogens with zero attached hydrogens (tertiary/aromatic N) is 1. The van der Waals surface area contributed by atoms with Crippen molar-refractivity contribution >= 4 is 29.4 Å². The number of aromatic amines is 1. The quantitative estimate of drug-likeness (QED) is 0.231. The lowest BCUT2D eigenvalue weighted by Gasteiger charge is -2.18. The number of phosphoric ester groups is 1. The van der Waals surface area contributed by atoms with Gasteiger partial charge in [0.25, 0.3) is 5.56 Å². The molecule has 0 bridgehead atoms. The Morgan fingerprint density at radius 1 is 1.17 bits per heavy atom. The summed E-state index contributed by atoms with van der Waals surface area (Å²) in [5.74, 6) is -1.78. The van der Waals surface area contributed by atoms with Crippen LogP contribution >= 0.6 is 23.5 Å². The second kappa shape index (κ2) is 8.57. The summed E-state index contributed by atoms with van der Waals surface area (Å²) in [6, 6.07) is 0. The third-order valence-corrected chi connectivity index (χ3v) is 7.14. The second-order valence-corrected chi connectivity index (χ2v) is 10.1. The zero-order valence-corrected chi connectivity index (χ0v) is 17.3. The molecule has 0 saturated carbocycles. The van der Waals surface area contributed by atoms with Crippen LogP contribution in [0.25, 0.3) is 0 Å². The number of aliphatic hydroxyl groups is 1. The molecule has 5 atom stereocenters. The van der Waals surface area contributed by atoms with Crippen molar-refractivity contribution in [3.05, 3.63) is 32.6 Å². The van der Waals surface area contributed by atoms with E-state index < -0.39 is 65.5 Å². The van der Waals surface area contributed by atoms with Crippen molar-refractivity contribution in [2.24, 2.45) is 0 Å². The monoisotopic (exact) mass is 496 g/mol. The number of aryl methyl sites for hydroxylation is 1. The number of ether oxygens (including phenoxy) is 1. The van der Waals surface area contributed by atoms with E-state index in [0.717, 1.165) is 10.8 Å². The number of aromatic nitrogens is 2. The molecule has 1 saturated heterocycles. The molecule has 1 fully saturated rings. The van der Waals surface area contributed by atoms with Crippen LogP contribution in [-0.2, 0) is 36.4 Å². The summed E-state index contributed by atoms with van der Waals surface area (Å²) in [7, 11) is -17.3. The lowest BCUT2D eigenvalue weighted by Crippen LogP contribution is -2.34. The van der Waals surface area contributed by atoms with Gasteiger partial charge in [-0.25, -0.2) is 23.3 Å². The van der Waals surface area contributed by atoms with Gasteiger partial charge in [0.2, 0.25) is 0 Å². The fourth-order valence-electron chi connectivity index (χ4n) is 2.30. The molecule has 30 heavy (non-hydrogen) atoms. The maximum atomic E-state index is 12.0. The fraction of sp³-hybridized carbons (Fsp3) is 0.500. The van der Waals surface area contributed by atoms with Crippen LogP contribution in [0.15, 0.2) is 15.8 Å². The third kappa shape index (κ3) is 6.51. The maximum Gasteiger partial charge on any atom is 0.538 e. The fourth-order valence-corrected chi connectivity index (χ4v) is 5.27. The molecule has 1 aliphatic rings. The molecular weight excluding hydrogens is 481 g/mol. The maximum absolute atomic E-state index is 12.0. The Morgan fingerprint density at radius 2 is 1.77 bits per heavy atom. The van der Waals surface area contributed by atoms with E-state index in [4.69, 9.17) is 19.4 Å². The average molecular weight is 496 g/mol. The largest absolute Gasteiger partial charge is 0.538 e. The summed E-state index contributed by atoms with van der Waals surface area (Å²) in [6.45, 7) is 1.36. The Labute approximate surface area is 165 Å². The predicted octanol–water partition coefficient (Wildman–Crippen LogP) is -1.64. The van der Waals surface area contributed by atoms with Gasteiger partial charge < -0.3 is 29.0 Å². The highest BCUT2D eigenvalue weighted by Crippen LogP contribution is 2.66. The zero-order chi connectivity index (χ0) is 23.1. The van der Waals surface area contributed by atoms with Gasteiger partial charge in [0, 0.05) is 18.2 Å². The van der Waals surface area contributed by atoms with Crippen LogP contribution < -0.4 is 11.2 Å². The SMILES string of the molecule is Cc1cn([C@H]2C[C@H](O)[C@@H](C(=O)OP(=O)(O)OP(=O)(O)OP(=O)(O)O)O2)c(=O)[nH]c1=O. The minimum absolute atomic E-state index is 0.0933. The second-order valence-electron chi connectivity index (χ2n) is 5.79. The highest BCUT2D eigenvalue weighted by molar-refractivity contribution is 7.66. The highest BCUT2D eigenvalue weighted by Gasteiger charge is 2.47. The Hall–Kier alpha value is -1.48. The van der Waals surface area contributed by atoms with Crippen molar-refractivity contribution in [2.45, 2.75) is 31.8 Å². The minimum Gasteiger partial charge on any atom is -0.390 e. The van der Waals surface area contributed by atoms with Crippen LogP contribution in [-0.4, -0.2) is 52.4 Å². The van der Waals surface area contributed by atoms with Gasteiger partial charge in [0.05, 0.1) is 6.10 Å². The van der Waals surface area contributed by atoms with Crippen LogP contribution in [0.3, 0.4) is 0 Å². The number of rotatable bonds is 7. The molecule has 0 aromatic carbocycles. The van der Waals surface area contributed by atoms with E-state index in [0.29, 0.717) is 0 Å². The van der Waals surface area contributed by atoms with Gasteiger partial charge in [0.15, 0.2) is 6.10 Å². The van der Waals surface area contributed by atoms with Gasteiger partial charge in [0.1, 0.15) is 6.23 Å². The van der Waals surface area contributed by atoms with Crippen molar-refractivity contribution in [1.29, 1.82) is 0 Å². The van der Waals surface area contributed by atoms with Crippen molar-refractivity contribution in [3.8, 4) is 0 Å². The molecule has 1 aliphatic heterocycles. The third-order valence-electron chi connectivity index (χ3n) is 3.41. The molecule has 2 unspecified atom stereocenters. The van der Waals surface area contributed by atoms with Gasteiger partial charge in [-0.15, -0.1) is 0 Å².